The van der Waals surface area contributed by atoms with Crippen LogP contribution >= 0.6 is 11.6 Å². The molecule has 0 unspecified atom stereocenters. The molecule has 2 rings (SSSR count). The van der Waals surface area contributed by atoms with E-state index in [4.69, 9.17) is 21.1 Å². The first-order chi connectivity index (χ1) is 12.8. The third-order valence-electron chi connectivity index (χ3n) is 4.35. The minimum atomic E-state index is -3.96. The molecule has 1 saturated heterocycles. The largest absolute Gasteiger partial charge is 0.495 e. The average molecular weight is 421 g/mol. The van der Waals surface area contributed by atoms with Gasteiger partial charge in [0.25, 0.3) is 0 Å². The molecule has 1 heterocycles. The van der Waals surface area contributed by atoms with Gasteiger partial charge in [-0.3, -0.25) is 4.79 Å². The number of sulfonamides is 1. The normalized spacial score (nSPS) is 16.7. The van der Waals surface area contributed by atoms with Crippen LogP contribution in [-0.4, -0.2) is 66.9 Å². The van der Waals surface area contributed by atoms with Crippen LogP contribution in [0.5, 0.6) is 5.75 Å². The Bertz CT molecular complexity index is 738. The zero-order chi connectivity index (χ0) is 19.9. The summed E-state index contributed by atoms with van der Waals surface area (Å²) in [4.78, 5) is 13.6. The van der Waals surface area contributed by atoms with Gasteiger partial charge in [0.05, 0.1) is 32.9 Å². The smallest absolute Gasteiger partial charge is 0.245 e. The third kappa shape index (κ3) is 6.62. The molecule has 10 heteroatoms. The van der Waals surface area contributed by atoms with Crippen molar-refractivity contribution in [2.24, 2.45) is 0 Å². The van der Waals surface area contributed by atoms with Gasteiger partial charge in [0.1, 0.15) is 23.7 Å². The Labute approximate surface area is 165 Å². The van der Waals surface area contributed by atoms with Gasteiger partial charge >= 0.3 is 0 Å². The highest BCUT2D eigenvalue weighted by Gasteiger charge is 2.25. The number of carbonyl (C=O) groups is 1. The highest BCUT2D eigenvalue weighted by atomic mass is 35.5. The molecule has 0 spiro atoms. The van der Waals surface area contributed by atoms with Crippen LogP contribution in [-0.2, 0) is 19.6 Å². The van der Waals surface area contributed by atoms with Gasteiger partial charge in [0.2, 0.25) is 15.9 Å². The van der Waals surface area contributed by atoms with Crippen molar-refractivity contribution in [1.82, 2.24) is 10.0 Å². The molecule has 0 aromatic heterocycles. The zero-order valence-corrected chi connectivity index (χ0v) is 17.2. The van der Waals surface area contributed by atoms with Crippen molar-refractivity contribution in [2.45, 2.75) is 24.3 Å². The molecule has 1 aromatic carbocycles. The SMILES string of the molecule is COc1ccc(Cl)cc1S(=O)(=O)N[C@H](C)C(=O)NCCC[NH+]1CCOCC1. The summed E-state index contributed by atoms with van der Waals surface area (Å²) in [7, 11) is -2.59. The first-order valence-electron chi connectivity index (χ1n) is 8.88. The Morgan fingerprint density at radius 3 is 2.74 bits per heavy atom. The van der Waals surface area contributed by atoms with Gasteiger partial charge in [0, 0.05) is 18.0 Å². The van der Waals surface area contributed by atoms with E-state index in [1.54, 1.807) is 0 Å². The summed E-state index contributed by atoms with van der Waals surface area (Å²) in [5, 5.41) is 3.03. The van der Waals surface area contributed by atoms with Crippen molar-refractivity contribution in [3.05, 3.63) is 23.2 Å². The van der Waals surface area contributed by atoms with Crippen LogP contribution in [0.4, 0.5) is 0 Å². The number of quaternary nitrogens is 1. The second-order valence-electron chi connectivity index (χ2n) is 6.40. The molecule has 3 N–H and O–H groups in total. The van der Waals surface area contributed by atoms with E-state index in [9.17, 15) is 13.2 Å². The molecule has 1 fully saturated rings. The predicted octanol–water partition coefficient (Wildman–Crippen LogP) is -0.563. The number of nitrogens with one attached hydrogen (secondary N) is 3. The topological polar surface area (TPSA) is 98.2 Å². The number of rotatable bonds is 9. The number of carbonyl (C=O) groups excluding carboxylic acids is 1. The Kier molecular flexibility index (Phi) is 8.30. The van der Waals surface area contributed by atoms with Crippen molar-refractivity contribution in [2.75, 3.05) is 46.5 Å². The monoisotopic (exact) mass is 420 g/mol. The molecule has 8 nitrogen and oxygen atoms in total. The van der Waals surface area contributed by atoms with Gasteiger partial charge in [-0.2, -0.15) is 4.72 Å². The highest BCUT2D eigenvalue weighted by Crippen LogP contribution is 2.26. The summed E-state index contributed by atoms with van der Waals surface area (Å²) in [5.41, 5.74) is 0. The Balaban J connectivity index is 1.84. The predicted molar refractivity (Wildman–Crippen MR) is 102 cm³/mol. The summed E-state index contributed by atoms with van der Waals surface area (Å²) in [6.45, 7) is 6.44. The van der Waals surface area contributed by atoms with E-state index >= 15 is 0 Å². The van der Waals surface area contributed by atoms with E-state index in [1.165, 1.54) is 37.1 Å². The standard InChI is InChI=1S/C17H26ClN3O5S/c1-13(17(22)19-6-3-7-21-8-10-26-11-9-21)20-27(23,24)16-12-14(18)4-5-15(16)25-2/h4-5,12-13,20H,3,6-11H2,1-2H3,(H,19,22)/p+1/t13-/m1/s1. The Morgan fingerprint density at radius 1 is 1.37 bits per heavy atom. The lowest BCUT2D eigenvalue weighted by Crippen LogP contribution is -3.14. The number of halogens is 1. The summed E-state index contributed by atoms with van der Waals surface area (Å²) in [5.74, 6) is -0.218. The van der Waals surface area contributed by atoms with Crippen molar-refractivity contribution >= 4 is 27.5 Å². The second kappa shape index (κ2) is 10.2. The molecule has 1 aromatic rings. The number of hydrogen-bond donors (Lipinski definition) is 3. The molecule has 0 radical (unpaired) electrons. The fraction of sp³-hybridized carbons (Fsp3) is 0.588. The van der Waals surface area contributed by atoms with E-state index in [0.717, 1.165) is 39.3 Å². The van der Waals surface area contributed by atoms with Crippen molar-refractivity contribution in [1.29, 1.82) is 0 Å². The van der Waals surface area contributed by atoms with E-state index in [1.807, 2.05) is 0 Å². The van der Waals surface area contributed by atoms with Crippen LogP contribution in [0.2, 0.25) is 5.02 Å². The van der Waals surface area contributed by atoms with Gasteiger partial charge in [-0.05, 0) is 25.1 Å². The molecule has 0 saturated carbocycles. The molecule has 1 atom stereocenters. The summed E-state index contributed by atoms with van der Waals surface area (Å²) >= 11 is 5.89. The molecule has 152 valence electrons. The number of methoxy groups -OCH3 is 1. The highest BCUT2D eigenvalue weighted by molar-refractivity contribution is 7.89. The van der Waals surface area contributed by atoms with Crippen molar-refractivity contribution in [3.8, 4) is 5.75 Å². The van der Waals surface area contributed by atoms with E-state index in [-0.39, 0.29) is 21.6 Å². The third-order valence-corrected chi connectivity index (χ3v) is 6.14. The van der Waals surface area contributed by atoms with E-state index in [0.29, 0.717) is 6.54 Å². The molecular weight excluding hydrogens is 394 g/mol. The molecule has 1 aliphatic rings. The second-order valence-corrected chi connectivity index (χ2v) is 8.51. The first kappa shape index (κ1) is 21.9. The molecule has 27 heavy (non-hydrogen) atoms. The van der Waals surface area contributed by atoms with E-state index < -0.39 is 16.1 Å². The van der Waals surface area contributed by atoms with Crippen molar-refractivity contribution in [3.63, 3.8) is 0 Å². The molecular formula is C17H27ClN3O5S+. The Morgan fingerprint density at radius 2 is 2.07 bits per heavy atom. The van der Waals surface area contributed by atoms with Gasteiger partial charge in [-0.1, -0.05) is 11.6 Å². The quantitative estimate of drug-likeness (QED) is 0.465. The molecule has 0 bridgehead atoms. The van der Waals surface area contributed by atoms with Gasteiger partial charge in [0.15, 0.2) is 0 Å². The number of benzene rings is 1. The molecule has 1 aliphatic heterocycles. The van der Waals surface area contributed by atoms with Crippen LogP contribution in [0.25, 0.3) is 0 Å². The minimum Gasteiger partial charge on any atom is -0.495 e. The lowest BCUT2D eigenvalue weighted by molar-refractivity contribution is -0.908. The number of hydrogen-bond acceptors (Lipinski definition) is 5. The fourth-order valence-corrected chi connectivity index (χ4v) is 4.46. The maximum Gasteiger partial charge on any atom is 0.245 e. The van der Waals surface area contributed by atoms with Crippen LogP contribution in [0.15, 0.2) is 23.1 Å². The molecule has 1 amide bonds. The van der Waals surface area contributed by atoms with Gasteiger partial charge < -0.3 is 19.7 Å². The first-order valence-corrected chi connectivity index (χ1v) is 10.7. The summed E-state index contributed by atoms with van der Waals surface area (Å²) in [6.07, 6.45) is 0.822. The summed E-state index contributed by atoms with van der Waals surface area (Å²) in [6, 6.07) is 3.37. The fourth-order valence-electron chi connectivity index (χ4n) is 2.82. The van der Waals surface area contributed by atoms with Crippen molar-refractivity contribution < 1.29 is 27.6 Å². The number of amides is 1. The summed E-state index contributed by atoms with van der Waals surface area (Å²) < 4.78 is 37.9. The zero-order valence-electron chi connectivity index (χ0n) is 15.6. The molecule has 0 aliphatic carbocycles. The average Bonchev–Trinajstić information content (AvgIpc) is 2.65. The van der Waals surface area contributed by atoms with Gasteiger partial charge in [-0.25, -0.2) is 8.42 Å². The lowest BCUT2D eigenvalue weighted by atomic mass is 10.3. The minimum absolute atomic E-state index is 0.104. The van der Waals surface area contributed by atoms with Crippen LogP contribution < -0.4 is 19.7 Å². The van der Waals surface area contributed by atoms with Gasteiger partial charge in [-0.15, -0.1) is 0 Å². The Hall–Kier alpha value is -1.39. The van der Waals surface area contributed by atoms with Crippen LogP contribution in [0.3, 0.4) is 0 Å². The maximum atomic E-state index is 12.6. The maximum absolute atomic E-state index is 12.6. The number of ether oxygens (including phenoxy) is 2. The van der Waals surface area contributed by atoms with Crippen LogP contribution in [0.1, 0.15) is 13.3 Å². The van der Waals surface area contributed by atoms with E-state index in [2.05, 4.69) is 10.0 Å². The number of morpholine rings is 1. The van der Waals surface area contributed by atoms with Crippen LogP contribution in [0, 0.1) is 0 Å². The lowest BCUT2D eigenvalue weighted by Gasteiger charge is -2.23.